The molecule has 1 fully saturated rings. The Hall–Kier alpha value is -2.35. The van der Waals surface area contributed by atoms with Crippen molar-refractivity contribution in [1.29, 1.82) is 0 Å². The molecule has 2 nitrogen and oxygen atoms in total. The van der Waals surface area contributed by atoms with E-state index in [2.05, 4.69) is 56.3 Å². The second-order valence-electron chi connectivity index (χ2n) is 8.84. The molecule has 0 saturated heterocycles. The predicted octanol–water partition coefficient (Wildman–Crippen LogP) is 6.12. The SMILES string of the molecule is Cc1ccc(Cn2ccc3cc(C[C@@H]4CCCC(C)CC4)ccc3c2=O)cc1. The summed E-state index contributed by atoms with van der Waals surface area (Å²) in [5.74, 6) is 1.68. The molecule has 1 aliphatic rings. The van der Waals surface area contributed by atoms with Gasteiger partial charge in [-0.05, 0) is 60.2 Å². The van der Waals surface area contributed by atoms with Crippen LogP contribution in [0.1, 0.15) is 55.7 Å². The molecule has 1 aliphatic carbocycles. The van der Waals surface area contributed by atoms with E-state index in [1.165, 1.54) is 43.2 Å². The van der Waals surface area contributed by atoms with Gasteiger partial charge in [-0.15, -0.1) is 0 Å². The molecule has 0 N–H and O–H groups in total. The van der Waals surface area contributed by atoms with Crippen molar-refractivity contribution in [2.75, 3.05) is 0 Å². The smallest absolute Gasteiger partial charge is 0.258 e. The number of hydrogen-bond acceptors (Lipinski definition) is 1. The van der Waals surface area contributed by atoms with Gasteiger partial charge < -0.3 is 4.57 Å². The van der Waals surface area contributed by atoms with E-state index < -0.39 is 0 Å². The van der Waals surface area contributed by atoms with Crippen LogP contribution in [0.25, 0.3) is 10.8 Å². The standard InChI is InChI=1S/C26H31NO/c1-19-4-3-5-21(9-6-19)16-23-12-13-25-24(17-23)14-15-27(26(25)28)18-22-10-7-20(2)8-11-22/h7-8,10-15,17,19,21H,3-6,9,16,18H2,1-2H3/t19?,21-/m1/s1. The quantitative estimate of drug-likeness (QED) is 0.505. The maximum atomic E-state index is 12.9. The van der Waals surface area contributed by atoms with Crippen LogP contribution < -0.4 is 5.56 Å². The minimum absolute atomic E-state index is 0.105. The predicted molar refractivity (Wildman–Crippen MR) is 118 cm³/mol. The van der Waals surface area contributed by atoms with Crippen LogP contribution in [0.2, 0.25) is 0 Å². The molecule has 1 saturated carbocycles. The van der Waals surface area contributed by atoms with Crippen molar-refractivity contribution in [1.82, 2.24) is 4.57 Å². The Labute approximate surface area is 168 Å². The number of aromatic nitrogens is 1. The molecule has 4 rings (SSSR count). The topological polar surface area (TPSA) is 22.0 Å². The van der Waals surface area contributed by atoms with Crippen molar-refractivity contribution in [3.05, 3.63) is 81.8 Å². The molecule has 2 atom stereocenters. The molecule has 1 unspecified atom stereocenters. The zero-order chi connectivity index (χ0) is 19.5. The number of aryl methyl sites for hydroxylation is 1. The van der Waals surface area contributed by atoms with Crippen molar-refractivity contribution >= 4 is 10.8 Å². The van der Waals surface area contributed by atoms with Gasteiger partial charge in [0.25, 0.3) is 5.56 Å². The van der Waals surface area contributed by atoms with Gasteiger partial charge in [0.2, 0.25) is 0 Å². The van der Waals surface area contributed by atoms with Crippen molar-refractivity contribution < 1.29 is 0 Å². The third-order valence-electron chi connectivity index (χ3n) is 6.42. The van der Waals surface area contributed by atoms with Gasteiger partial charge in [-0.1, -0.05) is 74.6 Å². The van der Waals surface area contributed by atoms with E-state index in [4.69, 9.17) is 0 Å². The van der Waals surface area contributed by atoms with E-state index in [-0.39, 0.29) is 5.56 Å². The summed E-state index contributed by atoms with van der Waals surface area (Å²) in [5, 5.41) is 1.90. The van der Waals surface area contributed by atoms with Gasteiger partial charge in [0, 0.05) is 11.6 Å². The van der Waals surface area contributed by atoms with Gasteiger partial charge in [-0.25, -0.2) is 0 Å². The van der Waals surface area contributed by atoms with Crippen LogP contribution in [-0.4, -0.2) is 4.57 Å². The summed E-state index contributed by atoms with van der Waals surface area (Å²) in [7, 11) is 0. The summed E-state index contributed by atoms with van der Waals surface area (Å²) in [6, 6.07) is 17.0. The van der Waals surface area contributed by atoms with E-state index in [0.29, 0.717) is 6.54 Å². The Morgan fingerprint density at radius 1 is 0.929 bits per heavy atom. The second kappa shape index (κ2) is 8.34. The lowest BCUT2D eigenvalue weighted by Gasteiger charge is -2.15. The van der Waals surface area contributed by atoms with Gasteiger partial charge in [0.05, 0.1) is 6.54 Å². The van der Waals surface area contributed by atoms with Crippen molar-refractivity contribution in [3.8, 4) is 0 Å². The van der Waals surface area contributed by atoms with Gasteiger partial charge in [0.15, 0.2) is 0 Å². The number of rotatable bonds is 4. The van der Waals surface area contributed by atoms with Crippen LogP contribution in [0.3, 0.4) is 0 Å². The lowest BCUT2D eigenvalue weighted by molar-refractivity contribution is 0.444. The number of nitrogens with zero attached hydrogens (tertiary/aromatic N) is 1. The molecule has 2 heteroatoms. The fraction of sp³-hybridized carbons (Fsp3) is 0.423. The molecule has 3 aromatic rings. The van der Waals surface area contributed by atoms with Crippen LogP contribution >= 0.6 is 0 Å². The highest BCUT2D eigenvalue weighted by atomic mass is 16.1. The van der Waals surface area contributed by atoms with Crippen LogP contribution in [0.5, 0.6) is 0 Å². The molecule has 1 heterocycles. The molecular weight excluding hydrogens is 342 g/mol. The summed E-state index contributed by atoms with van der Waals surface area (Å²) >= 11 is 0. The van der Waals surface area contributed by atoms with Gasteiger partial charge in [-0.3, -0.25) is 4.79 Å². The monoisotopic (exact) mass is 373 g/mol. The normalized spacial score (nSPS) is 20.2. The first-order chi connectivity index (χ1) is 13.6. The van der Waals surface area contributed by atoms with E-state index in [1.807, 2.05) is 16.8 Å². The van der Waals surface area contributed by atoms with Gasteiger partial charge in [0.1, 0.15) is 0 Å². The minimum atomic E-state index is 0.105. The zero-order valence-corrected chi connectivity index (χ0v) is 17.2. The third kappa shape index (κ3) is 4.38. The molecule has 0 aliphatic heterocycles. The molecule has 1 aromatic heterocycles. The zero-order valence-electron chi connectivity index (χ0n) is 17.2. The lowest BCUT2D eigenvalue weighted by atomic mass is 9.91. The summed E-state index contributed by atoms with van der Waals surface area (Å²) in [6.45, 7) is 5.09. The van der Waals surface area contributed by atoms with E-state index in [9.17, 15) is 4.79 Å². The third-order valence-corrected chi connectivity index (χ3v) is 6.42. The highest BCUT2D eigenvalue weighted by Gasteiger charge is 2.17. The molecule has 28 heavy (non-hydrogen) atoms. The summed E-state index contributed by atoms with van der Waals surface area (Å²) in [6.07, 6.45) is 9.90. The van der Waals surface area contributed by atoms with Gasteiger partial charge in [-0.2, -0.15) is 0 Å². The minimum Gasteiger partial charge on any atom is -0.311 e. The Balaban J connectivity index is 1.54. The van der Waals surface area contributed by atoms with Crippen LogP contribution in [0, 0.1) is 18.8 Å². The summed E-state index contributed by atoms with van der Waals surface area (Å²) < 4.78 is 1.82. The molecule has 0 bridgehead atoms. The lowest BCUT2D eigenvalue weighted by Crippen LogP contribution is -2.20. The van der Waals surface area contributed by atoms with Crippen LogP contribution in [0.4, 0.5) is 0 Å². The average Bonchev–Trinajstić information content (AvgIpc) is 2.90. The first-order valence-electron chi connectivity index (χ1n) is 10.8. The molecule has 146 valence electrons. The molecular formula is C26H31NO. The highest BCUT2D eigenvalue weighted by molar-refractivity contribution is 5.82. The van der Waals surface area contributed by atoms with Crippen molar-refractivity contribution in [3.63, 3.8) is 0 Å². The number of pyridine rings is 1. The Bertz CT molecular complexity index is 999. The highest BCUT2D eigenvalue weighted by Crippen LogP contribution is 2.29. The Morgan fingerprint density at radius 2 is 1.71 bits per heavy atom. The Kier molecular flexibility index (Phi) is 5.66. The fourth-order valence-corrected chi connectivity index (χ4v) is 4.58. The van der Waals surface area contributed by atoms with E-state index in [0.717, 1.165) is 34.6 Å². The molecule has 2 aromatic carbocycles. The number of benzene rings is 2. The summed E-state index contributed by atoms with van der Waals surface area (Å²) in [5.41, 5.74) is 3.88. The largest absolute Gasteiger partial charge is 0.311 e. The number of hydrogen-bond donors (Lipinski definition) is 0. The average molecular weight is 374 g/mol. The van der Waals surface area contributed by atoms with Crippen LogP contribution in [0.15, 0.2) is 59.5 Å². The van der Waals surface area contributed by atoms with Gasteiger partial charge >= 0.3 is 0 Å². The maximum Gasteiger partial charge on any atom is 0.258 e. The van der Waals surface area contributed by atoms with Crippen molar-refractivity contribution in [2.45, 2.75) is 58.9 Å². The van der Waals surface area contributed by atoms with E-state index in [1.54, 1.807) is 0 Å². The summed E-state index contributed by atoms with van der Waals surface area (Å²) in [4.78, 5) is 12.9. The van der Waals surface area contributed by atoms with Crippen LogP contribution in [-0.2, 0) is 13.0 Å². The van der Waals surface area contributed by atoms with Crippen molar-refractivity contribution in [2.24, 2.45) is 11.8 Å². The van der Waals surface area contributed by atoms with E-state index >= 15 is 0 Å². The molecule has 0 spiro atoms. The molecule has 0 radical (unpaired) electrons. The maximum absolute atomic E-state index is 12.9. The first kappa shape index (κ1) is 19.0. The molecule has 0 amide bonds. The first-order valence-corrected chi connectivity index (χ1v) is 10.8. The fourth-order valence-electron chi connectivity index (χ4n) is 4.58. The number of fused-ring (bicyclic) bond motifs is 1. The second-order valence-corrected chi connectivity index (χ2v) is 8.84. The Morgan fingerprint density at radius 3 is 2.54 bits per heavy atom.